The third kappa shape index (κ3) is 12.0. The Labute approximate surface area is 304 Å². The summed E-state index contributed by atoms with van der Waals surface area (Å²) in [6.07, 6.45) is 5.76. The molecule has 0 radical (unpaired) electrons. The van der Waals surface area contributed by atoms with Gasteiger partial charge in [0.05, 0.1) is 6.42 Å². The summed E-state index contributed by atoms with van der Waals surface area (Å²) in [6, 6.07) is 15.3. The number of unbranched alkanes of at least 4 members (excludes halogenated alkanes) is 1. The van der Waals surface area contributed by atoms with Gasteiger partial charge in [-0.1, -0.05) is 67.8 Å². The Morgan fingerprint density at radius 2 is 1.39 bits per heavy atom. The van der Waals surface area contributed by atoms with Crippen LogP contribution in [-0.4, -0.2) is 71.9 Å². The van der Waals surface area contributed by atoms with Gasteiger partial charge in [-0.2, -0.15) is 0 Å². The van der Waals surface area contributed by atoms with E-state index in [0.717, 1.165) is 47.9 Å². The predicted molar refractivity (Wildman–Crippen MR) is 198 cm³/mol. The Balaban J connectivity index is 1.48. The third-order valence-corrected chi connectivity index (χ3v) is 9.61. The van der Waals surface area contributed by atoms with Gasteiger partial charge >= 0.3 is 18.2 Å². The van der Waals surface area contributed by atoms with Crippen molar-refractivity contribution < 1.29 is 33.4 Å². The molecule has 51 heavy (non-hydrogen) atoms. The van der Waals surface area contributed by atoms with Crippen LogP contribution in [0.5, 0.6) is 0 Å². The average molecular weight is 706 g/mol. The Bertz CT molecular complexity index is 1440. The summed E-state index contributed by atoms with van der Waals surface area (Å²) < 4.78 is 16.8. The molecule has 0 saturated heterocycles. The molecule has 2 aliphatic carbocycles. The lowest BCUT2D eigenvalue weighted by molar-refractivity contribution is -0.155. The number of rotatable bonds is 14. The second-order valence-corrected chi connectivity index (χ2v) is 16.0. The van der Waals surface area contributed by atoms with Crippen molar-refractivity contribution in [3.63, 3.8) is 0 Å². The number of nitrogens with one attached hydrogen (secondary N) is 2. The van der Waals surface area contributed by atoms with Crippen LogP contribution in [-0.2, 0) is 23.8 Å². The number of amides is 3. The van der Waals surface area contributed by atoms with Crippen LogP contribution in [0.25, 0.3) is 11.1 Å². The van der Waals surface area contributed by atoms with E-state index in [1.54, 1.807) is 25.7 Å². The van der Waals surface area contributed by atoms with Gasteiger partial charge in [0.2, 0.25) is 5.91 Å². The first-order valence-electron chi connectivity index (χ1n) is 18.7. The molecule has 0 aliphatic heterocycles. The van der Waals surface area contributed by atoms with Crippen LogP contribution in [0.1, 0.15) is 123 Å². The molecule has 0 bridgehead atoms. The Hall–Kier alpha value is -4.08. The van der Waals surface area contributed by atoms with Crippen molar-refractivity contribution in [2.24, 2.45) is 5.92 Å². The normalized spacial score (nSPS) is 15.9. The number of carbonyl (C=O) groups is 4. The average Bonchev–Trinajstić information content (AvgIpc) is 3.38. The summed E-state index contributed by atoms with van der Waals surface area (Å²) in [5, 5.41) is 5.67. The predicted octanol–water partition coefficient (Wildman–Crippen LogP) is 8.12. The first-order valence-corrected chi connectivity index (χ1v) is 18.7. The van der Waals surface area contributed by atoms with Crippen molar-refractivity contribution in [2.75, 3.05) is 19.7 Å². The summed E-state index contributed by atoms with van der Waals surface area (Å²) in [6.45, 7) is 13.6. The highest BCUT2D eigenvalue weighted by Crippen LogP contribution is 2.44. The van der Waals surface area contributed by atoms with Crippen molar-refractivity contribution in [1.29, 1.82) is 0 Å². The molecule has 2 atom stereocenters. The molecule has 2 aliphatic rings. The van der Waals surface area contributed by atoms with Crippen LogP contribution >= 0.6 is 0 Å². The molecular formula is C41H59N3O7. The summed E-state index contributed by atoms with van der Waals surface area (Å²) >= 11 is 0. The molecule has 1 fully saturated rings. The number of ether oxygens (including phenoxy) is 3. The molecule has 10 heteroatoms. The molecule has 280 valence electrons. The SMILES string of the molecule is C[C@@H](C1CCCCC1)N(CCC(=O)OC(C)(C)C)C(=O)[C@H](CCCCNC(=O)OC(C)(C)C)NC(=O)OCC1c2ccccc2-c2ccccc21. The summed E-state index contributed by atoms with van der Waals surface area (Å²) in [5.41, 5.74) is 3.23. The fraction of sp³-hybridized carbons (Fsp3) is 0.610. The topological polar surface area (TPSA) is 123 Å². The molecule has 1 saturated carbocycles. The fourth-order valence-corrected chi connectivity index (χ4v) is 7.21. The zero-order chi connectivity index (χ0) is 37.2. The highest BCUT2D eigenvalue weighted by Gasteiger charge is 2.35. The van der Waals surface area contributed by atoms with E-state index in [1.165, 1.54) is 6.42 Å². The Kier molecular flexibility index (Phi) is 13.9. The molecule has 10 nitrogen and oxygen atoms in total. The lowest BCUT2D eigenvalue weighted by Crippen LogP contribution is -2.53. The van der Waals surface area contributed by atoms with Crippen molar-refractivity contribution in [3.8, 4) is 11.1 Å². The Morgan fingerprint density at radius 1 is 0.804 bits per heavy atom. The maximum absolute atomic E-state index is 14.5. The minimum atomic E-state index is -0.883. The van der Waals surface area contributed by atoms with Gasteiger partial charge < -0.3 is 29.7 Å². The molecule has 3 amide bonds. The van der Waals surface area contributed by atoms with Gasteiger partial charge in [0.1, 0.15) is 23.9 Å². The van der Waals surface area contributed by atoms with E-state index in [-0.39, 0.29) is 43.4 Å². The van der Waals surface area contributed by atoms with E-state index in [9.17, 15) is 19.2 Å². The highest BCUT2D eigenvalue weighted by atomic mass is 16.6. The molecule has 2 N–H and O–H groups in total. The number of fused-ring (bicyclic) bond motifs is 3. The van der Waals surface area contributed by atoms with Crippen molar-refractivity contribution in [2.45, 2.75) is 135 Å². The smallest absolute Gasteiger partial charge is 0.407 e. The van der Waals surface area contributed by atoms with E-state index < -0.39 is 29.4 Å². The van der Waals surface area contributed by atoms with Crippen LogP contribution in [0.15, 0.2) is 48.5 Å². The zero-order valence-corrected chi connectivity index (χ0v) is 31.7. The number of alkyl carbamates (subject to hydrolysis) is 2. The number of esters is 1. The molecule has 2 aromatic rings. The van der Waals surface area contributed by atoms with Crippen LogP contribution in [0.4, 0.5) is 9.59 Å². The van der Waals surface area contributed by atoms with Crippen LogP contribution in [0, 0.1) is 5.92 Å². The lowest BCUT2D eigenvalue weighted by Gasteiger charge is -2.38. The summed E-state index contributed by atoms with van der Waals surface area (Å²) in [7, 11) is 0. The third-order valence-electron chi connectivity index (χ3n) is 9.61. The number of benzene rings is 2. The molecule has 4 rings (SSSR count). The second-order valence-electron chi connectivity index (χ2n) is 16.0. The van der Waals surface area contributed by atoms with E-state index in [0.29, 0.717) is 31.7 Å². The van der Waals surface area contributed by atoms with Gasteiger partial charge in [-0.3, -0.25) is 9.59 Å². The van der Waals surface area contributed by atoms with E-state index >= 15 is 0 Å². The Morgan fingerprint density at radius 3 is 1.98 bits per heavy atom. The number of carbonyl (C=O) groups excluding carboxylic acids is 4. The molecule has 2 aromatic carbocycles. The van der Waals surface area contributed by atoms with Crippen LogP contribution in [0.2, 0.25) is 0 Å². The largest absolute Gasteiger partial charge is 0.460 e. The minimum Gasteiger partial charge on any atom is -0.460 e. The second kappa shape index (κ2) is 17.9. The monoisotopic (exact) mass is 705 g/mol. The molecule has 0 aromatic heterocycles. The zero-order valence-electron chi connectivity index (χ0n) is 31.7. The van der Waals surface area contributed by atoms with Gasteiger partial charge in [0.15, 0.2) is 0 Å². The van der Waals surface area contributed by atoms with Gasteiger partial charge in [-0.15, -0.1) is 0 Å². The van der Waals surface area contributed by atoms with E-state index in [4.69, 9.17) is 14.2 Å². The molecule has 0 unspecified atom stereocenters. The summed E-state index contributed by atoms with van der Waals surface area (Å²) in [5.74, 6) is -0.432. The number of nitrogens with zero attached hydrogens (tertiary/aromatic N) is 1. The fourth-order valence-electron chi connectivity index (χ4n) is 7.21. The van der Waals surface area contributed by atoms with E-state index in [2.05, 4.69) is 41.8 Å². The van der Waals surface area contributed by atoms with E-state index in [1.807, 2.05) is 45.0 Å². The van der Waals surface area contributed by atoms with Crippen LogP contribution in [0.3, 0.4) is 0 Å². The highest BCUT2D eigenvalue weighted by molar-refractivity contribution is 5.86. The quantitative estimate of drug-likeness (QED) is 0.116. The van der Waals surface area contributed by atoms with Crippen LogP contribution < -0.4 is 10.6 Å². The first kappa shape index (κ1) is 39.7. The van der Waals surface area contributed by atoms with Gasteiger partial charge in [0.25, 0.3) is 0 Å². The van der Waals surface area contributed by atoms with Gasteiger partial charge in [-0.25, -0.2) is 9.59 Å². The lowest BCUT2D eigenvalue weighted by atomic mass is 9.83. The maximum atomic E-state index is 14.5. The molecule has 0 heterocycles. The maximum Gasteiger partial charge on any atom is 0.407 e. The number of hydrogen-bond donors (Lipinski definition) is 2. The number of hydrogen-bond acceptors (Lipinski definition) is 7. The molecule has 0 spiro atoms. The van der Waals surface area contributed by atoms with Gasteiger partial charge in [0, 0.05) is 25.0 Å². The standard InChI is InChI=1S/C41H59N3O7/c1-28(29-17-9-8-10-18-29)44(26-24-36(45)50-40(2,3)4)37(46)35(23-15-16-25-42-38(47)51-41(5,6)7)43-39(48)49-27-34-32-21-13-11-19-30(32)31-20-12-14-22-33(31)34/h11-14,19-22,28-29,34-35H,8-10,15-18,23-27H2,1-7H3,(H,42,47)(H,43,48)/t28-,35-/m0/s1. The van der Waals surface area contributed by atoms with Crippen molar-refractivity contribution >= 4 is 24.1 Å². The summed E-state index contributed by atoms with van der Waals surface area (Å²) in [4.78, 5) is 54.8. The van der Waals surface area contributed by atoms with Crippen molar-refractivity contribution in [1.82, 2.24) is 15.5 Å². The molecular weight excluding hydrogens is 646 g/mol. The minimum absolute atomic E-state index is 0.0531. The van der Waals surface area contributed by atoms with Gasteiger partial charge in [-0.05, 0) is 109 Å². The van der Waals surface area contributed by atoms with Crippen molar-refractivity contribution in [3.05, 3.63) is 59.7 Å². The first-order chi connectivity index (χ1) is 24.1.